The first kappa shape index (κ1) is 19.9. The van der Waals surface area contributed by atoms with Gasteiger partial charge in [0.15, 0.2) is 0 Å². The molecule has 1 N–H and O–H groups in total. The highest BCUT2D eigenvalue weighted by Gasteiger charge is 2.20. The predicted octanol–water partition coefficient (Wildman–Crippen LogP) is 2.09. The van der Waals surface area contributed by atoms with Crippen molar-refractivity contribution in [2.24, 2.45) is 0 Å². The first-order valence-corrected chi connectivity index (χ1v) is 10.1. The molecule has 0 saturated heterocycles. The predicted molar refractivity (Wildman–Crippen MR) is 102 cm³/mol. The molecule has 0 aliphatic heterocycles. The zero-order valence-corrected chi connectivity index (χ0v) is 15.8. The second-order valence-electron chi connectivity index (χ2n) is 6.00. The molecule has 2 aromatic carbocycles. The molecular weight excluding hydrogens is 352 g/mol. The lowest BCUT2D eigenvalue weighted by Crippen LogP contribution is -2.41. The van der Waals surface area contributed by atoms with E-state index in [1.165, 1.54) is 0 Å². The summed E-state index contributed by atoms with van der Waals surface area (Å²) >= 11 is 0. The van der Waals surface area contributed by atoms with Gasteiger partial charge in [-0.15, -0.1) is 0 Å². The van der Waals surface area contributed by atoms with Gasteiger partial charge in [-0.1, -0.05) is 42.5 Å². The molecule has 0 aromatic heterocycles. The van der Waals surface area contributed by atoms with Crippen molar-refractivity contribution in [3.05, 3.63) is 65.7 Å². The number of carbonyl (C=O) groups excluding carboxylic acids is 1. The summed E-state index contributed by atoms with van der Waals surface area (Å²) in [7, 11) is -3.56. The van der Waals surface area contributed by atoms with Crippen molar-refractivity contribution in [1.29, 1.82) is 0 Å². The number of hydrogen-bond donors (Lipinski definition) is 1. The van der Waals surface area contributed by atoms with Crippen molar-refractivity contribution in [1.82, 2.24) is 5.32 Å². The molecule has 2 rings (SSSR count). The number of sulfonamides is 1. The second kappa shape index (κ2) is 9.35. The van der Waals surface area contributed by atoms with Gasteiger partial charge in [0.05, 0.1) is 25.2 Å². The van der Waals surface area contributed by atoms with E-state index in [4.69, 9.17) is 4.74 Å². The molecule has 0 saturated carbocycles. The number of carbonyl (C=O) groups is 1. The molecule has 1 amide bonds. The Morgan fingerprint density at radius 2 is 1.85 bits per heavy atom. The number of aryl methyl sites for hydroxylation is 1. The van der Waals surface area contributed by atoms with Crippen LogP contribution >= 0.6 is 0 Å². The normalized spacial score (nSPS) is 11.2. The molecule has 0 radical (unpaired) electrons. The molecule has 0 aliphatic rings. The SMILES string of the molecule is Cc1cccc(N(CC(=O)NCCOCc2ccccc2)S(C)(=O)=O)c1. The van der Waals surface area contributed by atoms with E-state index in [0.29, 0.717) is 25.4 Å². The Kier molecular flexibility index (Phi) is 7.17. The molecule has 0 spiro atoms. The van der Waals surface area contributed by atoms with Crippen molar-refractivity contribution in [2.45, 2.75) is 13.5 Å². The second-order valence-corrected chi connectivity index (χ2v) is 7.90. The van der Waals surface area contributed by atoms with Gasteiger partial charge in [0.2, 0.25) is 15.9 Å². The third-order valence-electron chi connectivity index (χ3n) is 3.66. The van der Waals surface area contributed by atoms with Crippen LogP contribution in [-0.4, -0.2) is 40.3 Å². The van der Waals surface area contributed by atoms with E-state index < -0.39 is 10.0 Å². The molecule has 140 valence electrons. The molecular formula is C19H24N2O4S. The third kappa shape index (κ3) is 6.50. The number of ether oxygens (including phenoxy) is 1. The Balaban J connectivity index is 1.82. The van der Waals surface area contributed by atoms with E-state index in [1.807, 2.05) is 43.3 Å². The summed E-state index contributed by atoms with van der Waals surface area (Å²) < 4.78 is 30.7. The number of nitrogens with one attached hydrogen (secondary N) is 1. The fourth-order valence-electron chi connectivity index (χ4n) is 2.40. The number of nitrogens with zero attached hydrogens (tertiary/aromatic N) is 1. The summed E-state index contributed by atoms with van der Waals surface area (Å²) in [5.74, 6) is -0.375. The molecule has 0 atom stereocenters. The molecule has 0 aliphatic carbocycles. The molecule has 26 heavy (non-hydrogen) atoms. The standard InChI is InChI=1S/C19H24N2O4S/c1-16-7-6-10-18(13-16)21(26(2,23)24)14-19(22)20-11-12-25-15-17-8-4-3-5-9-17/h3-10,13H,11-12,14-15H2,1-2H3,(H,20,22). The van der Waals surface area contributed by atoms with Crippen molar-refractivity contribution in [3.8, 4) is 0 Å². The Bertz CT molecular complexity index is 822. The summed E-state index contributed by atoms with van der Waals surface area (Å²) in [6.07, 6.45) is 1.09. The maximum Gasteiger partial charge on any atom is 0.240 e. The van der Waals surface area contributed by atoms with Gasteiger partial charge in [-0.3, -0.25) is 9.10 Å². The zero-order chi connectivity index (χ0) is 19.0. The molecule has 6 nitrogen and oxygen atoms in total. The average Bonchev–Trinajstić information content (AvgIpc) is 2.59. The summed E-state index contributed by atoms with van der Waals surface area (Å²) in [6.45, 7) is 2.74. The summed E-state index contributed by atoms with van der Waals surface area (Å²) in [5.41, 5.74) is 2.45. The van der Waals surface area contributed by atoms with Gasteiger partial charge in [-0.05, 0) is 30.2 Å². The van der Waals surface area contributed by atoms with E-state index in [-0.39, 0.29) is 12.5 Å². The van der Waals surface area contributed by atoms with Gasteiger partial charge in [-0.2, -0.15) is 0 Å². The lowest BCUT2D eigenvalue weighted by atomic mass is 10.2. The topological polar surface area (TPSA) is 75.7 Å². The van der Waals surface area contributed by atoms with Crippen LogP contribution in [0.3, 0.4) is 0 Å². The highest BCUT2D eigenvalue weighted by Crippen LogP contribution is 2.18. The monoisotopic (exact) mass is 376 g/mol. The number of benzene rings is 2. The van der Waals surface area contributed by atoms with Gasteiger partial charge >= 0.3 is 0 Å². The quantitative estimate of drug-likeness (QED) is 0.680. The summed E-state index contributed by atoms with van der Waals surface area (Å²) in [5, 5.41) is 2.69. The number of amides is 1. The van der Waals surface area contributed by atoms with Crippen molar-refractivity contribution >= 4 is 21.6 Å². The Hall–Kier alpha value is -2.38. The molecule has 0 bridgehead atoms. The maximum absolute atomic E-state index is 12.1. The van der Waals surface area contributed by atoms with E-state index in [2.05, 4.69) is 5.32 Å². The van der Waals surface area contributed by atoms with Gasteiger partial charge in [0.25, 0.3) is 0 Å². The largest absolute Gasteiger partial charge is 0.375 e. The van der Waals surface area contributed by atoms with Crippen LogP contribution in [0.1, 0.15) is 11.1 Å². The van der Waals surface area contributed by atoms with Crippen LogP contribution in [0, 0.1) is 6.92 Å². The highest BCUT2D eigenvalue weighted by atomic mass is 32.2. The van der Waals surface area contributed by atoms with Crippen LogP contribution in [0.15, 0.2) is 54.6 Å². The van der Waals surface area contributed by atoms with Crippen molar-refractivity contribution in [2.75, 3.05) is 30.3 Å². The Morgan fingerprint density at radius 1 is 1.12 bits per heavy atom. The van der Waals surface area contributed by atoms with Gasteiger partial charge < -0.3 is 10.1 Å². The van der Waals surface area contributed by atoms with E-state index in [1.54, 1.807) is 18.2 Å². The van der Waals surface area contributed by atoms with Gasteiger partial charge in [0, 0.05) is 6.54 Å². The van der Waals surface area contributed by atoms with E-state index in [9.17, 15) is 13.2 Å². The first-order valence-electron chi connectivity index (χ1n) is 8.29. The smallest absolute Gasteiger partial charge is 0.240 e. The van der Waals surface area contributed by atoms with Crippen LogP contribution < -0.4 is 9.62 Å². The fourth-order valence-corrected chi connectivity index (χ4v) is 3.24. The molecule has 7 heteroatoms. The van der Waals surface area contributed by atoms with Gasteiger partial charge in [0.1, 0.15) is 6.54 Å². The minimum absolute atomic E-state index is 0.263. The number of rotatable bonds is 9. The first-order chi connectivity index (χ1) is 12.4. The van der Waals surface area contributed by atoms with Crippen molar-refractivity contribution < 1.29 is 17.9 Å². The van der Waals surface area contributed by atoms with E-state index >= 15 is 0 Å². The van der Waals surface area contributed by atoms with Crippen LogP contribution in [0.5, 0.6) is 0 Å². The van der Waals surface area contributed by atoms with Crippen LogP contribution in [0.25, 0.3) is 0 Å². The highest BCUT2D eigenvalue weighted by molar-refractivity contribution is 7.92. The lowest BCUT2D eigenvalue weighted by molar-refractivity contribution is -0.119. The molecule has 0 heterocycles. The van der Waals surface area contributed by atoms with E-state index in [0.717, 1.165) is 21.7 Å². The van der Waals surface area contributed by atoms with Crippen LogP contribution in [0.2, 0.25) is 0 Å². The number of anilines is 1. The number of hydrogen-bond acceptors (Lipinski definition) is 4. The lowest BCUT2D eigenvalue weighted by Gasteiger charge is -2.22. The Labute approximate surface area is 154 Å². The maximum atomic E-state index is 12.1. The zero-order valence-electron chi connectivity index (χ0n) is 15.0. The fraction of sp³-hybridized carbons (Fsp3) is 0.316. The summed E-state index contributed by atoms with van der Waals surface area (Å²) in [4.78, 5) is 12.1. The van der Waals surface area contributed by atoms with Crippen LogP contribution in [0.4, 0.5) is 5.69 Å². The van der Waals surface area contributed by atoms with Gasteiger partial charge in [-0.25, -0.2) is 8.42 Å². The van der Waals surface area contributed by atoms with Crippen molar-refractivity contribution in [3.63, 3.8) is 0 Å². The minimum atomic E-state index is -3.56. The molecule has 0 fully saturated rings. The third-order valence-corrected chi connectivity index (χ3v) is 4.80. The van der Waals surface area contributed by atoms with Crippen LogP contribution in [-0.2, 0) is 26.2 Å². The summed E-state index contributed by atoms with van der Waals surface area (Å²) in [6, 6.07) is 16.8. The average molecular weight is 376 g/mol. The Morgan fingerprint density at radius 3 is 2.50 bits per heavy atom. The minimum Gasteiger partial charge on any atom is -0.375 e. The molecule has 2 aromatic rings. The molecule has 0 unspecified atom stereocenters.